The second-order valence-electron chi connectivity index (χ2n) is 4.12. The van der Waals surface area contributed by atoms with Crippen molar-refractivity contribution in [3.05, 3.63) is 29.8 Å². The standard InChI is InChI=1S/C14H22N2O3.ClH/c1-18-10-9-15-11-14(17)16-8-7-12-3-5-13(19-2)6-4-12;/h3-6,15H,7-11H2,1-2H3,(H,16,17);1H. The van der Waals surface area contributed by atoms with Gasteiger partial charge in [0.2, 0.25) is 5.91 Å². The second-order valence-corrected chi connectivity index (χ2v) is 4.12. The third-order valence-corrected chi connectivity index (χ3v) is 2.66. The number of ether oxygens (including phenoxy) is 2. The first-order chi connectivity index (χ1) is 9.26. The fourth-order valence-electron chi connectivity index (χ4n) is 1.58. The van der Waals surface area contributed by atoms with E-state index in [0.29, 0.717) is 26.2 Å². The zero-order valence-electron chi connectivity index (χ0n) is 12.0. The van der Waals surface area contributed by atoms with Crippen LogP contribution in [0.3, 0.4) is 0 Å². The van der Waals surface area contributed by atoms with Crippen LogP contribution >= 0.6 is 12.4 Å². The van der Waals surface area contributed by atoms with Crippen LogP contribution in [0.2, 0.25) is 0 Å². The van der Waals surface area contributed by atoms with Crippen molar-refractivity contribution < 1.29 is 14.3 Å². The van der Waals surface area contributed by atoms with Gasteiger partial charge in [0.25, 0.3) is 0 Å². The molecule has 0 fully saturated rings. The number of hydrogen-bond acceptors (Lipinski definition) is 4. The number of methoxy groups -OCH3 is 2. The molecule has 6 heteroatoms. The van der Waals surface area contributed by atoms with Crippen LogP contribution in [0.1, 0.15) is 5.56 Å². The smallest absolute Gasteiger partial charge is 0.233 e. The summed E-state index contributed by atoms with van der Waals surface area (Å²) in [4.78, 5) is 11.5. The molecule has 0 unspecified atom stereocenters. The van der Waals surface area contributed by atoms with E-state index in [-0.39, 0.29) is 18.3 Å². The highest BCUT2D eigenvalue weighted by atomic mass is 35.5. The molecule has 1 aromatic rings. The van der Waals surface area contributed by atoms with E-state index < -0.39 is 0 Å². The molecule has 1 aromatic carbocycles. The Bertz CT molecular complexity index is 371. The number of halogens is 1. The lowest BCUT2D eigenvalue weighted by Gasteiger charge is -2.07. The Balaban J connectivity index is 0.00000361. The molecule has 0 aliphatic rings. The lowest BCUT2D eigenvalue weighted by molar-refractivity contribution is -0.120. The Morgan fingerprint density at radius 2 is 1.85 bits per heavy atom. The number of rotatable bonds is 9. The Morgan fingerprint density at radius 3 is 2.45 bits per heavy atom. The highest BCUT2D eigenvalue weighted by molar-refractivity contribution is 5.85. The van der Waals surface area contributed by atoms with Crippen LogP contribution < -0.4 is 15.4 Å². The quantitative estimate of drug-likeness (QED) is 0.669. The van der Waals surface area contributed by atoms with Crippen LogP contribution in [0.15, 0.2) is 24.3 Å². The van der Waals surface area contributed by atoms with Gasteiger partial charge in [-0.25, -0.2) is 0 Å². The fraction of sp³-hybridized carbons (Fsp3) is 0.500. The van der Waals surface area contributed by atoms with E-state index in [9.17, 15) is 4.79 Å². The van der Waals surface area contributed by atoms with Crippen molar-refractivity contribution in [1.82, 2.24) is 10.6 Å². The molecule has 20 heavy (non-hydrogen) atoms. The van der Waals surface area contributed by atoms with Gasteiger partial charge in [0.1, 0.15) is 5.75 Å². The monoisotopic (exact) mass is 302 g/mol. The summed E-state index contributed by atoms with van der Waals surface area (Å²) in [5.74, 6) is 0.847. The second kappa shape index (κ2) is 11.5. The average molecular weight is 303 g/mol. The van der Waals surface area contributed by atoms with Crippen molar-refractivity contribution in [2.75, 3.05) is 40.5 Å². The summed E-state index contributed by atoms with van der Waals surface area (Å²) < 4.78 is 9.96. The summed E-state index contributed by atoms with van der Waals surface area (Å²) in [6.45, 7) is 2.25. The van der Waals surface area contributed by atoms with E-state index in [1.54, 1.807) is 14.2 Å². The van der Waals surface area contributed by atoms with E-state index in [4.69, 9.17) is 9.47 Å². The highest BCUT2D eigenvalue weighted by Crippen LogP contribution is 2.11. The predicted octanol–water partition coefficient (Wildman–Crippen LogP) is 1.01. The van der Waals surface area contributed by atoms with Gasteiger partial charge >= 0.3 is 0 Å². The maximum Gasteiger partial charge on any atom is 0.233 e. The summed E-state index contributed by atoms with van der Waals surface area (Å²) in [7, 11) is 3.28. The van der Waals surface area contributed by atoms with Gasteiger partial charge in [-0.3, -0.25) is 4.79 Å². The van der Waals surface area contributed by atoms with E-state index in [1.807, 2.05) is 24.3 Å². The number of nitrogens with one attached hydrogen (secondary N) is 2. The number of hydrogen-bond donors (Lipinski definition) is 2. The van der Waals surface area contributed by atoms with Gasteiger partial charge < -0.3 is 20.1 Å². The zero-order chi connectivity index (χ0) is 13.9. The summed E-state index contributed by atoms with van der Waals surface area (Å²) >= 11 is 0. The first-order valence-electron chi connectivity index (χ1n) is 6.35. The molecule has 0 spiro atoms. The molecule has 0 atom stereocenters. The van der Waals surface area contributed by atoms with Gasteiger partial charge in [0.15, 0.2) is 0 Å². The van der Waals surface area contributed by atoms with Crippen LogP contribution in [0.4, 0.5) is 0 Å². The minimum absolute atomic E-state index is 0. The van der Waals surface area contributed by atoms with Crippen LogP contribution in [0.5, 0.6) is 5.75 Å². The van der Waals surface area contributed by atoms with Crippen molar-refractivity contribution in [3.63, 3.8) is 0 Å². The van der Waals surface area contributed by atoms with Crippen LogP contribution in [-0.2, 0) is 16.0 Å². The average Bonchev–Trinajstić information content (AvgIpc) is 2.44. The minimum atomic E-state index is 0. The van der Waals surface area contributed by atoms with Crippen LogP contribution in [-0.4, -0.2) is 46.4 Å². The maximum atomic E-state index is 11.5. The molecule has 0 saturated carbocycles. The molecule has 1 rings (SSSR count). The number of amides is 1. The predicted molar refractivity (Wildman–Crippen MR) is 81.7 cm³/mol. The Hall–Kier alpha value is -1.30. The summed E-state index contributed by atoms with van der Waals surface area (Å²) in [5.41, 5.74) is 1.17. The Kier molecular flexibility index (Phi) is 10.8. The molecular weight excluding hydrogens is 280 g/mol. The highest BCUT2D eigenvalue weighted by Gasteiger charge is 2.00. The van der Waals surface area contributed by atoms with Gasteiger partial charge in [-0.2, -0.15) is 0 Å². The summed E-state index contributed by atoms with van der Waals surface area (Å²) in [5, 5.41) is 5.86. The molecule has 0 aliphatic carbocycles. The number of carbonyl (C=O) groups excluding carboxylic acids is 1. The molecular formula is C14H23ClN2O3. The first kappa shape index (κ1) is 18.7. The molecule has 0 saturated heterocycles. The van der Waals surface area contributed by atoms with Crippen molar-refractivity contribution >= 4 is 18.3 Å². The van der Waals surface area contributed by atoms with Crippen molar-refractivity contribution in [1.29, 1.82) is 0 Å². The van der Waals surface area contributed by atoms with Gasteiger partial charge in [-0.05, 0) is 24.1 Å². The number of carbonyl (C=O) groups is 1. The van der Waals surface area contributed by atoms with Crippen molar-refractivity contribution in [2.24, 2.45) is 0 Å². The largest absolute Gasteiger partial charge is 0.497 e. The molecule has 0 radical (unpaired) electrons. The van der Waals surface area contributed by atoms with Gasteiger partial charge in [0, 0.05) is 20.2 Å². The summed E-state index contributed by atoms with van der Waals surface area (Å²) in [6, 6.07) is 7.84. The fourth-order valence-corrected chi connectivity index (χ4v) is 1.58. The van der Waals surface area contributed by atoms with Crippen LogP contribution in [0.25, 0.3) is 0 Å². The third kappa shape index (κ3) is 7.99. The van der Waals surface area contributed by atoms with Crippen molar-refractivity contribution in [3.8, 4) is 5.75 Å². The molecule has 5 nitrogen and oxygen atoms in total. The van der Waals surface area contributed by atoms with E-state index >= 15 is 0 Å². The molecule has 0 aliphatic heterocycles. The zero-order valence-corrected chi connectivity index (χ0v) is 12.8. The third-order valence-electron chi connectivity index (χ3n) is 2.66. The normalized spacial score (nSPS) is 9.70. The van der Waals surface area contributed by atoms with Crippen LogP contribution in [0, 0.1) is 0 Å². The van der Waals surface area contributed by atoms with Crippen molar-refractivity contribution in [2.45, 2.75) is 6.42 Å². The SMILES string of the molecule is COCCNCC(=O)NCCc1ccc(OC)cc1.Cl. The Morgan fingerprint density at radius 1 is 1.15 bits per heavy atom. The molecule has 0 bridgehead atoms. The lowest BCUT2D eigenvalue weighted by Crippen LogP contribution is -2.36. The molecule has 0 aromatic heterocycles. The molecule has 1 amide bonds. The first-order valence-corrected chi connectivity index (χ1v) is 6.35. The molecule has 114 valence electrons. The van der Waals surface area contributed by atoms with E-state index in [0.717, 1.165) is 12.2 Å². The Labute approximate surface area is 126 Å². The number of benzene rings is 1. The van der Waals surface area contributed by atoms with E-state index in [1.165, 1.54) is 5.56 Å². The molecule has 2 N–H and O–H groups in total. The lowest BCUT2D eigenvalue weighted by atomic mass is 10.1. The summed E-state index contributed by atoms with van der Waals surface area (Å²) in [6.07, 6.45) is 0.813. The van der Waals surface area contributed by atoms with Gasteiger partial charge in [-0.15, -0.1) is 12.4 Å². The topological polar surface area (TPSA) is 59.6 Å². The minimum Gasteiger partial charge on any atom is -0.497 e. The van der Waals surface area contributed by atoms with Gasteiger partial charge in [-0.1, -0.05) is 12.1 Å². The van der Waals surface area contributed by atoms with Gasteiger partial charge in [0.05, 0.1) is 20.3 Å². The maximum absolute atomic E-state index is 11.5. The van der Waals surface area contributed by atoms with E-state index in [2.05, 4.69) is 10.6 Å². The molecule has 0 heterocycles.